The van der Waals surface area contributed by atoms with Crippen LogP contribution in [0.25, 0.3) is 5.69 Å². The highest BCUT2D eigenvalue weighted by molar-refractivity contribution is 7.90. The Labute approximate surface area is 158 Å². The highest BCUT2D eigenvalue weighted by Crippen LogP contribution is 2.34. The largest absolute Gasteiger partial charge is 0.356 e. The minimum absolute atomic E-state index is 0.0635. The molecule has 2 heterocycles. The van der Waals surface area contributed by atoms with Crippen LogP contribution in [0.2, 0.25) is 0 Å². The van der Waals surface area contributed by atoms with Crippen molar-refractivity contribution >= 4 is 15.7 Å². The van der Waals surface area contributed by atoms with Crippen LogP contribution in [0.5, 0.6) is 0 Å². The van der Waals surface area contributed by atoms with Gasteiger partial charge in [-0.15, -0.1) is 0 Å². The minimum Gasteiger partial charge on any atom is -0.356 e. The molecule has 9 heteroatoms. The Kier molecular flexibility index (Phi) is 5.50. The molecule has 148 valence electrons. The van der Waals surface area contributed by atoms with Crippen molar-refractivity contribution in [3.63, 3.8) is 0 Å². The molecule has 0 aliphatic heterocycles. The van der Waals surface area contributed by atoms with E-state index in [1.807, 2.05) is 11.9 Å². The molecule has 2 aromatic rings. The topological polar surface area (TPSA) is 68.1 Å². The summed E-state index contributed by atoms with van der Waals surface area (Å²) in [7, 11) is -1.53. The molecule has 0 unspecified atom stereocenters. The van der Waals surface area contributed by atoms with Gasteiger partial charge in [-0.25, -0.2) is 26.9 Å². The van der Waals surface area contributed by atoms with E-state index in [4.69, 9.17) is 0 Å². The van der Waals surface area contributed by atoms with E-state index in [-0.39, 0.29) is 16.8 Å². The maximum Gasteiger partial charge on any atom is 0.282 e. The molecule has 1 aliphatic rings. The van der Waals surface area contributed by atoms with Crippen molar-refractivity contribution in [2.24, 2.45) is 0 Å². The lowest BCUT2D eigenvalue weighted by Crippen LogP contribution is -2.35. The van der Waals surface area contributed by atoms with Crippen molar-refractivity contribution in [3.8, 4) is 5.69 Å². The van der Waals surface area contributed by atoms with E-state index >= 15 is 0 Å². The smallest absolute Gasteiger partial charge is 0.282 e. The third-order valence-corrected chi connectivity index (χ3v) is 6.14. The number of hydrogen-bond acceptors (Lipinski definition) is 5. The van der Waals surface area contributed by atoms with Gasteiger partial charge in [0.25, 0.3) is 6.43 Å². The van der Waals surface area contributed by atoms with Crippen molar-refractivity contribution in [2.75, 3.05) is 18.2 Å². The number of sulfone groups is 1. The fourth-order valence-electron chi connectivity index (χ4n) is 3.66. The zero-order valence-corrected chi connectivity index (χ0v) is 16.5. The summed E-state index contributed by atoms with van der Waals surface area (Å²) in [6.07, 6.45) is 5.20. The van der Waals surface area contributed by atoms with Gasteiger partial charge in [0.15, 0.2) is 14.9 Å². The zero-order chi connectivity index (χ0) is 19.8. The number of alkyl halides is 2. The van der Waals surface area contributed by atoms with Crippen LogP contribution >= 0.6 is 0 Å². The van der Waals surface area contributed by atoms with Gasteiger partial charge in [0.2, 0.25) is 0 Å². The summed E-state index contributed by atoms with van der Waals surface area (Å²) in [6, 6.07) is 3.18. The molecule has 0 amide bonds. The van der Waals surface area contributed by atoms with E-state index in [9.17, 15) is 17.2 Å². The monoisotopic (exact) mass is 398 g/mol. The fraction of sp³-hybridized carbons (Fsp3) is 0.556. The molecule has 2 aromatic heterocycles. The quantitative estimate of drug-likeness (QED) is 0.768. The predicted molar refractivity (Wildman–Crippen MR) is 99.4 cm³/mol. The van der Waals surface area contributed by atoms with Crippen LogP contribution < -0.4 is 4.90 Å². The SMILES string of the molecule is Cc1c(C(F)F)nn(-c2ccc(S(C)(=O)=O)nc2)c1N(C)C1CCCCC1. The van der Waals surface area contributed by atoms with E-state index in [0.29, 0.717) is 17.1 Å². The number of anilines is 1. The molecule has 0 bridgehead atoms. The van der Waals surface area contributed by atoms with E-state index in [0.717, 1.165) is 31.9 Å². The molecule has 0 spiro atoms. The molecule has 0 atom stereocenters. The first-order valence-corrected chi connectivity index (χ1v) is 10.9. The maximum absolute atomic E-state index is 13.5. The van der Waals surface area contributed by atoms with Crippen LogP contribution in [-0.4, -0.2) is 42.5 Å². The molecule has 3 rings (SSSR count). The van der Waals surface area contributed by atoms with Gasteiger partial charge < -0.3 is 4.90 Å². The molecule has 0 radical (unpaired) electrons. The van der Waals surface area contributed by atoms with Crippen molar-refractivity contribution in [1.82, 2.24) is 14.8 Å². The van der Waals surface area contributed by atoms with Gasteiger partial charge in [-0.05, 0) is 31.9 Å². The third-order valence-electron chi connectivity index (χ3n) is 5.14. The highest BCUT2D eigenvalue weighted by atomic mass is 32.2. The molecule has 0 saturated heterocycles. The van der Waals surface area contributed by atoms with Crippen LogP contribution in [0.4, 0.5) is 14.6 Å². The lowest BCUT2D eigenvalue weighted by atomic mass is 9.94. The number of rotatable bonds is 5. The normalized spacial score (nSPS) is 16.1. The average Bonchev–Trinajstić information content (AvgIpc) is 2.98. The van der Waals surface area contributed by atoms with Gasteiger partial charge in [-0.3, -0.25) is 0 Å². The van der Waals surface area contributed by atoms with Crippen molar-refractivity contribution in [1.29, 1.82) is 0 Å². The van der Waals surface area contributed by atoms with Gasteiger partial charge in [-0.2, -0.15) is 5.10 Å². The first-order valence-electron chi connectivity index (χ1n) is 8.97. The molecular weight excluding hydrogens is 374 g/mol. The van der Waals surface area contributed by atoms with E-state index in [2.05, 4.69) is 10.1 Å². The van der Waals surface area contributed by atoms with Crippen LogP contribution in [0, 0.1) is 6.92 Å². The summed E-state index contributed by atoms with van der Waals surface area (Å²) in [5, 5.41) is 4.06. The van der Waals surface area contributed by atoms with Crippen molar-refractivity contribution in [3.05, 3.63) is 29.6 Å². The number of pyridine rings is 1. The summed E-state index contributed by atoms with van der Waals surface area (Å²) < 4.78 is 51.6. The molecule has 6 nitrogen and oxygen atoms in total. The highest BCUT2D eigenvalue weighted by Gasteiger charge is 2.28. The number of halogens is 2. The van der Waals surface area contributed by atoms with Gasteiger partial charge in [0, 0.05) is 24.9 Å². The Bertz CT molecular complexity index is 904. The Morgan fingerprint density at radius 2 is 1.89 bits per heavy atom. The first kappa shape index (κ1) is 19.7. The summed E-state index contributed by atoms with van der Waals surface area (Å²) in [5.74, 6) is 0.603. The molecule has 1 aliphatic carbocycles. The van der Waals surface area contributed by atoms with E-state index < -0.39 is 16.3 Å². The molecule has 0 N–H and O–H groups in total. The van der Waals surface area contributed by atoms with Crippen molar-refractivity contribution < 1.29 is 17.2 Å². The lowest BCUT2D eigenvalue weighted by Gasteiger charge is -2.33. The zero-order valence-electron chi connectivity index (χ0n) is 15.7. The van der Waals surface area contributed by atoms with Gasteiger partial charge >= 0.3 is 0 Å². The second-order valence-corrected chi connectivity index (χ2v) is 9.04. The minimum atomic E-state index is -3.43. The summed E-state index contributed by atoms with van der Waals surface area (Å²) in [5.41, 5.74) is 0.625. The Morgan fingerprint density at radius 1 is 1.22 bits per heavy atom. The average molecular weight is 398 g/mol. The third kappa shape index (κ3) is 3.97. The Morgan fingerprint density at radius 3 is 2.41 bits per heavy atom. The molecule has 0 aromatic carbocycles. The van der Waals surface area contributed by atoms with E-state index in [1.54, 1.807) is 13.0 Å². The van der Waals surface area contributed by atoms with Gasteiger partial charge in [-0.1, -0.05) is 19.3 Å². The Hall–Kier alpha value is -2.03. The maximum atomic E-state index is 13.5. The van der Waals surface area contributed by atoms with Crippen molar-refractivity contribution in [2.45, 2.75) is 56.5 Å². The Balaban J connectivity index is 2.07. The number of hydrogen-bond donors (Lipinski definition) is 0. The van der Waals surface area contributed by atoms with Crippen LogP contribution in [0.15, 0.2) is 23.4 Å². The summed E-state index contributed by atoms with van der Waals surface area (Å²) in [4.78, 5) is 5.99. The molecular formula is C18H24F2N4O2S. The molecule has 27 heavy (non-hydrogen) atoms. The predicted octanol–water partition coefficient (Wildman–Crippen LogP) is 3.69. The number of nitrogens with zero attached hydrogens (tertiary/aromatic N) is 4. The second kappa shape index (κ2) is 7.53. The first-order chi connectivity index (χ1) is 12.7. The number of aromatic nitrogens is 3. The standard InChI is InChI=1S/C18H24F2N4O2S/c1-12-16(17(19)20)22-24(14-9-10-15(21-11-14)27(3,25)26)18(12)23(2)13-7-5-4-6-8-13/h9-11,13,17H,4-8H2,1-3H3. The van der Waals surface area contributed by atoms with Crippen LogP contribution in [0.1, 0.15) is 49.8 Å². The van der Waals surface area contributed by atoms with E-state index in [1.165, 1.54) is 23.4 Å². The van der Waals surface area contributed by atoms with Gasteiger partial charge in [0.1, 0.15) is 11.5 Å². The van der Waals surface area contributed by atoms with Crippen LogP contribution in [0.3, 0.4) is 0 Å². The van der Waals surface area contributed by atoms with Gasteiger partial charge in [0.05, 0.1) is 11.9 Å². The fourth-order valence-corrected chi connectivity index (χ4v) is 4.22. The van der Waals surface area contributed by atoms with Crippen LogP contribution in [-0.2, 0) is 9.84 Å². The molecule has 1 fully saturated rings. The molecule has 1 saturated carbocycles. The lowest BCUT2D eigenvalue weighted by molar-refractivity contribution is 0.145. The second-order valence-electron chi connectivity index (χ2n) is 7.08. The summed E-state index contributed by atoms with van der Waals surface area (Å²) >= 11 is 0. The summed E-state index contributed by atoms with van der Waals surface area (Å²) in [6.45, 7) is 1.65.